The molecule has 1 aliphatic rings. The molecule has 0 N–H and O–H groups in total. The van der Waals surface area contributed by atoms with E-state index in [-0.39, 0.29) is 11.1 Å². The van der Waals surface area contributed by atoms with E-state index in [4.69, 9.17) is 4.74 Å². The molecule has 0 aromatic carbocycles. The maximum Gasteiger partial charge on any atom is 0.328 e. The van der Waals surface area contributed by atoms with Crippen molar-refractivity contribution in [1.82, 2.24) is 9.13 Å². The smallest absolute Gasteiger partial charge is 0.328 e. The number of imidazole rings is 1. The number of aromatic nitrogens is 2. The molecular formula is C13H21BrN2O2. The second-order valence-electron chi connectivity index (χ2n) is 5.15. The summed E-state index contributed by atoms with van der Waals surface area (Å²) in [5, 5.41) is 0.925. The first-order valence-corrected chi connectivity index (χ1v) is 7.72. The Kier molecular flexibility index (Phi) is 4.67. The molecule has 2 rings (SSSR count). The minimum atomic E-state index is 0.115. The SMILES string of the molecule is CCCn1ccn(CC2(CBr)CCOCC2)c1=O. The normalized spacial score (nSPS) is 19.0. The molecule has 18 heavy (non-hydrogen) atoms. The number of halogens is 1. The number of alkyl halides is 1. The average Bonchev–Trinajstić information content (AvgIpc) is 2.73. The first-order valence-electron chi connectivity index (χ1n) is 6.60. The van der Waals surface area contributed by atoms with E-state index in [1.54, 1.807) is 4.57 Å². The summed E-state index contributed by atoms with van der Waals surface area (Å²) in [6.45, 7) is 5.28. The van der Waals surface area contributed by atoms with E-state index in [0.29, 0.717) is 0 Å². The van der Waals surface area contributed by atoms with Gasteiger partial charge in [0, 0.05) is 49.4 Å². The summed E-state index contributed by atoms with van der Waals surface area (Å²) in [6, 6.07) is 0. The first kappa shape index (κ1) is 13.9. The minimum absolute atomic E-state index is 0.115. The summed E-state index contributed by atoms with van der Waals surface area (Å²) in [6.07, 6.45) is 6.83. The zero-order valence-electron chi connectivity index (χ0n) is 10.9. The van der Waals surface area contributed by atoms with Crippen molar-refractivity contribution in [3.8, 4) is 0 Å². The fraction of sp³-hybridized carbons (Fsp3) is 0.769. The van der Waals surface area contributed by atoms with Crippen molar-refractivity contribution < 1.29 is 4.74 Å². The van der Waals surface area contributed by atoms with Gasteiger partial charge in [0.25, 0.3) is 0 Å². The van der Waals surface area contributed by atoms with Crippen LogP contribution in [0.5, 0.6) is 0 Å². The monoisotopic (exact) mass is 316 g/mol. The summed E-state index contributed by atoms with van der Waals surface area (Å²) in [4.78, 5) is 12.2. The molecule has 5 heteroatoms. The average molecular weight is 317 g/mol. The standard InChI is InChI=1S/C13H21BrN2O2/c1-2-5-15-6-7-16(12(15)17)11-13(10-14)3-8-18-9-4-13/h6-7H,2-5,8-11H2,1H3. The number of aryl methyl sites for hydroxylation is 1. The molecule has 1 aliphatic heterocycles. The lowest BCUT2D eigenvalue weighted by molar-refractivity contribution is 0.0181. The highest BCUT2D eigenvalue weighted by atomic mass is 79.9. The highest BCUT2D eigenvalue weighted by molar-refractivity contribution is 9.09. The predicted molar refractivity (Wildman–Crippen MR) is 75.3 cm³/mol. The minimum Gasteiger partial charge on any atom is -0.381 e. The summed E-state index contributed by atoms with van der Waals surface area (Å²) < 4.78 is 9.07. The van der Waals surface area contributed by atoms with Crippen LogP contribution in [0.2, 0.25) is 0 Å². The largest absolute Gasteiger partial charge is 0.381 e. The third-order valence-corrected chi connectivity index (χ3v) is 4.91. The third kappa shape index (κ3) is 2.88. The summed E-state index contributed by atoms with van der Waals surface area (Å²) >= 11 is 3.61. The fourth-order valence-corrected chi connectivity index (χ4v) is 3.22. The Morgan fingerprint density at radius 1 is 1.33 bits per heavy atom. The van der Waals surface area contributed by atoms with Gasteiger partial charge < -0.3 is 4.74 Å². The van der Waals surface area contributed by atoms with Crippen LogP contribution < -0.4 is 5.69 Å². The maximum absolute atomic E-state index is 12.2. The zero-order chi connectivity index (χ0) is 13.0. The van der Waals surface area contributed by atoms with Gasteiger partial charge in [-0.3, -0.25) is 9.13 Å². The van der Waals surface area contributed by atoms with Gasteiger partial charge in [-0.25, -0.2) is 4.79 Å². The molecule has 0 atom stereocenters. The molecule has 1 aromatic heterocycles. The highest BCUT2D eigenvalue weighted by Crippen LogP contribution is 2.33. The summed E-state index contributed by atoms with van der Waals surface area (Å²) in [7, 11) is 0. The van der Waals surface area contributed by atoms with E-state index in [0.717, 1.165) is 50.9 Å². The van der Waals surface area contributed by atoms with E-state index >= 15 is 0 Å². The van der Waals surface area contributed by atoms with Crippen molar-refractivity contribution in [3.05, 3.63) is 22.9 Å². The van der Waals surface area contributed by atoms with E-state index in [9.17, 15) is 4.79 Å². The number of nitrogens with zero attached hydrogens (tertiary/aromatic N) is 2. The second kappa shape index (κ2) is 6.06. The van der Waals surface area contributed by atoms with Crippen molar-refractivity contribution in [2.75, 3.05) is 18.5 Å². The topological polar surface area (TPSA) is 36.2 Å². The van der Waals surface area contributed by atoms with Crippen LogP contribution in [-0.4, -0.2) is 27.7 Å². The van der Waals surface area contributed by atoms with Crippen LogP contribution in [-0.2, 0) is 17.8 Å². The Hall–Kier alpha value is -0.550. The Bertz CT molecular complexity index is 432. The molecule has 0 radical (unpaired) electrons. The lowest BCUT2D eigenvalue weighted by Crippen LogP contribution is -2.38. The number of ether oxygens (including phenoxy) is 1. The van der Waals surface area contributed by atoms with Gasteiger partial charge in [0.2, 0.25) is 0 Å². The molecule has 0 unspecified atom stereocenters. The molecule has 0 saturated carbocycles. The molecule has 1 saturated heterocycles. The van der Waals surface area contributed by atoms with Crippen LogP contribution in [0.25, 0.3) is 0 Å². The van der Waals surface area contributed by atoms with Crippen molar-refractivity contribution in [2.24, 2.45) is 5.41 Å². The second-order valence-corrected chi connectivity index (χ2v) is 5.71. The van der Waals surface area contributed by atoms with E-state index in [1.165, 1.54) is 0 Å². The molecule has 4 nitrogen and oxygen atoms in total. The molecule has 0 amide bonds. The van der Waals surface area contributed by atoms with E-state index in [1.807, 2.05) is 17.0 Å². The Balaban J connectivity index is 2.14. The van der Waals surface area contributed by atoms with Crippen LogP contribution in [0, 0.1) is 5.41 Å². The van der Waals surface area contributed by atoms with Crippen LogP contribution in [0.3, 0.4) is 0 Å². The fourth-order valence-electron chi connectivity index (χ4n) is 2.48. The highest BCUT2D eigenvalue weighted by Gasteiger charge is 2.32. The molecule has 0 bridgehead atoms. The molecular weight excluding hydrogens is 296 g/mol. The first-order chi connectivity index (χ1) is 8.71. The van der Waals surface area contributed by atoms with Crippen LogP contribution in [0.15, 0.2) is 17.2 Å². The van der Waals surface area contributed by atoms with Crippen molar-refractivity contribution in [2.45, 2.75) is 39.3 Å². The Morgan fingerprint density at radius 3 is 2.61 bits per heavy atom. The number of rotatable bonds is 5. The molecule has 2 heterocycles. The van der Waals surface area contributed by atoms with Crippen molar-refractivity contribution >= 4 is 15.9 Å². The molecule has 1 fully saturated rings. The molecule has 102 valence electrons. The quantitative estimate of drug-likeness (QED) is 0.781. The van der Waals surface area contributed by atoms with E-state index < -0.39 is 0 Å². The molecule has 0 spiro atoms. The molecule has 1 aromatic rings. The maximum atomic E-state index is 12.2. The van der Waals surface area contributed by atoms with E-state index in [2.05, 4.69) is 22.9 Å². The van der Waals surface area contributed by atoms with Crippen LogP contribution in [0.4, 0.5) is 0 Å². The number of hydrogen-bond acceptors (Lipinski definition) is 2. The summed E-state index contributed by atoms with van der Waals surface area (Å²) in [5.74, 6) is 0. The Morgan fingerprint density at radius 2 is 2.00 bits per heavy atom. The van der Waals surface area contributed by atoms with Gasteiger partial charge in [0.1, 0.15) is 0 Å². The van der Waals surface area contributed by atoms with Crippen LogP contribution >= 0.6 is 15.9 Å². The van der Waals surface area contributed by atoms with Gasteiger partial charge in [-0.1, -0.05) is 22.9 Å². The van der Waals surface area contributed by atoms with Crippen molar-refractivity contribution in [3.63, 3.8) is 0 Å². The number of hydrogen-bond donors (Lipinski definition) is 0. The zero-order valence-corrected chi connectivity index (χ0v) is 12.5. The van der Waals surface area contributed by atoms with Gasteiger partial charge in [0.05, 0.1) is 0 Å². The lowest BCUT2D eigenvalue weighted by Gasteiger charge is -2.35. The van der Waals surface area contributed by atoms with Gasteiger partial charge in [-0.15, -0.1) is 0 Å². The van der Waals surface area contributed by atoms with Gasteiger partial charge in [-0.2, -0.15) is 0 Å². The Labute approximate surface area is 116 Å². The van der Waals surface area contributed by atoms with Crippen LogP contribution in [0.1, 0.15) is 26.2 Å². The van der Waals surface area contributed by atoms with Gasteiger partial charge in [-0.05, 0) is 19.3 Å². The molecule has 0 aliphatic carbocycles. The van der Waals surface area contributed by atoms with Gasteiger partial charge >= 0.3 is 5.69 Å². The van der Waals surface area contributed by atoms with Gasteiger partial charge in [0.15, 0.2) is 0 Å². The summed E-state index contributed by atoms with van der Waals surface area (Å²) in [5.41, 5.74) is 0.282. The third-order valence-electron chi connectivity index (χ3n) is 3.73. The lowest BCUT2D eigenvalue weighted by atomic mass is 9.82. The van der Waals surface area contributed by atoms with Crippen molar-refractivity contribution in [1.29, 1.82) is 0 Å². The predicted octanol–water partition coefficient (Wildman–Crippen LogP) is 2.25.